The molecule has 0 atom stereocenters. The Labute approximate surface area is 95.4 Å². The maximum Gasteiger partial charge on any atom is 0.336 e. The van der Waals surface area contributed by atoms with Gasteiger partial charge in [0.1, 0.15) is 0 Å². The molecule has 0 saturated heterocycles. The van der Waals surface area contributed by atoms with Gasteiger partial charge in [-0.3, -0.25) is 4.98 Å². The van der Waals surface area contributed by atoms with Crippen molar-refractivity contribution in [3.05, 3.63) is 53.9 Å². The summed E-state index contributed by atoms with van der Waals surface area (Å²) in [4.78, 5) is 14.8. The summed E-state index contributed by atoms with van der Waals surface area (Å²) in [5.74, 6) is -3.59. The van der Waals surface area contributed by atoms with Crippen LogP contribution in [0, 0.1) is 11.6 Å². The van der Waals surface area contributed by atoms with Crippen LogP contribution in [0.25, 0.3) is 11.1 Å². The third kappa shape index (κ3) is 2.13. The molecule has 1 aromatic heterocycles. The molecule has 0 spiro atoms. The number of carbonyl (C=O) groups is 1. The zero-order chi connectivity index (χ0) is 12.4. The molecule has 0 saturated carbocycles. The van der Waals surface area contributed by atoms with Crippen molar-refractivity contribution in [2.24, 2.45) is 0 Å². The zero-order valence-electron chi connectivity index (χ0n) is 8.52. The molecule has 0 aliphatic carbocycles. The Balaban J connectivity index is 2.68. The van der Waals surface area contributed by atoms with Crippen molar-refractivity contribution in [1.82, 2.24) is 4.98 Å². The molecule has 0 amide bonds. The van der Waals surface area contributed by atoms with Crippen molar-refractivity contribution in [2.75, 3.05) is 0 Å². The van der Waals surface area contributed by atoms with Gasteiger partial charge in [-0.2, -0.15) is 0 Å². The number of hydrogen-bond acceptors (Lipinski definition) is 2. The maximum absolute atomic E-state index is 13.1. The number of aromatic carboxylic acids is 1. The van der Waals surface area contributed by atoms with Crippen LogP contribution in [0.15, 0.2) is 36.7 Å². The van der Waals surface area contributed by atoms with E-state index in [1.165, 1.54) is 12.4 Å². The fourth-order valence-corrected chi connectivity index (χ4v) is 1.48. The van der Waals surface area contributed by atoms with Gasteiger partial charge in [0.05, 0.1) is 5.56 Å². The largest absolute Gasteiger partial charge is 0.478 e. The SMILES string of the molecule is O=C(O)c1cc(F)c(F)cc1-c1cccnc1. The molecule has 0 radical (unpaired) electrons. The first-order chi connectivity index (χ1) is 8.09. The summed E-state index contributed by atoms with van der Waals surface area (Å²) >= 11 is 0. The van der Waals surface area contributed by atoms with E-state index in [9.17, 15) is 13.6 Å². The highest BCUT2D eigenvalue weighted by molar-refractivity contribution is 5.95. The number of benzene rings is 1. The second kappa shape index (κ2) is 4.29. The minimum absolute atomic E-state index is 0.101. The smallest absolute Gasteiger partial charge is 0.336 e. The third-order valence-electron chi connectivity index (χ3n) is 2.26. The van der Waals surface area contributed by atoms with Gasteiger partial charge in [-0.1, -0.05) is 6.07 Å². The highest BCUT2D eigenvalue weighted by Gasteiger charge is 2.16. The second-order valence-corrected chi connectivity index (χ2v) is 3.36. The van der Waals surface area contributed by atoms with E-state index in [1.807, 2.05) is 0 Å². The molecule has 2 rings (SSSR count). The Morgan fingerprint density at radius 2 is 1.94 bits per heavy atom. The maximum atomic E-state index is 13.1. The average molecular weight is 235 g/mol. The van der Waals surface area contributed by atoms with Crippen LogP contribution in [-0.4, -0.2) is 16.1 Å². The van der Waals surface area contributed by atoms with Gasteiger partial charge in [-0.25, -0.2) is 13.6 Å². The lowest BCUT2D eigenvalue weighted by atomic mass is 10.0. The van der Waals surface area contributed by atoms with Crippen LogP contribution < -0.4 is 0 Å². The summed E-state index contributed by atoms with van der Waals surface area (Å²) in [7, 11) is 0. The number of aromatic nitrogens is 1. The molecule has 5 heteroatoms. The topological polar surface area (TPSA) is 50.2 Å². The van der Waals surface area contributed by atoms with E-state index >= 15 is 0 Å². The monoisotopic (exact) mass is 235 g/mol. The fourth-order valence-electron chi connectivity index (χ4n) is 1.48. The van der Waals surface area contributed by atoms with Crippen molar-refractivity contribution in [1.29, 1.82) is 0 Å². The van der Waals surface area contributed by atoms with E-state index in [2.05, 4.69) is 4.98 Å². The number of nitrogens with zero attached hydrogens (tertiary/aromatic N) is 1. The second-order valence-electron chi connectivity index (χ2n) is 3.36. The molecule has 1 heterocycles. The van der Waals surface area contributed by atoms with Crippen LogP contribution in [0.1, 0.15) is 10.4 Å². The van der Waals surface area contributed by atoms with Crippen LogP contribution in [-0.2, 0) is 0 Å². The average Bonchev–Trinajstić information content (AvgIpc) is 2.33. The van der Waals surface area contributed by atoms with Crippen molar-refractivity contribution in [2.45, 2.75) is 0 Å². The van der Waals surface area contributed by atoms with Crippen molar-refractivity contribution in [3.8, 4) is 11.1 Å². The van der Waals surface area contributed by atoms with E-state index in [0.29, 0.717) is 11.6 Å². The quantitative estimate of drug-likeness (QED) is 0.870. The van der Waals surface area contributed by atoms with Crippen molar-refractivity contribution < 1.29 is 18.7 Å². The standard InChI is InChI=1S/C12H7F2NO2/c13-10-4-8(7-2-1-3-15-6-7)9(12(16)17)5-11(10)14/h1-6H,(H,16,17). The van der Waals surface area contributed by atoms with Crippen LogP contribution in [0.5, 0.6) is 0 Å². The highest BCUT2D eigenvalue weighted by Crippen LogP contribution is 2.25. The number of hydrogen-bond donors (Lipinski definition) is 1. The van der Waals surface area contributed by atoms with Gasteiger partial charge in [-0.15, -0.1) is 0 Å². The van der Waals surface area contributed by atoms with Gasteiger partial charge < -0.3 is 5.11 Å². The molecule has 0 aliphatic rings. The van der Waals surface area contributed by atoms with Gasteiger partial charge in [-0.05, 0) is 18.2 Å². The van der Waals surface area contributed by atoms with Gasteiger partial charge in [0, 0.05) is 23.5 Å². The molecule has 0 aliphatic heterocycles. The molecule has 86 valence electrons. The van der Waals surface area contributed by atoms with Gasteiger partial charge in [0.25, 0.3) is 0 Å². The summed E-state index contributed by atoms with van der Waals surface area (Å²) in [6.45, 7) is 0. The van der Waals surface area contributed by atoms with Crippen LogP contribution in [0.4, 0.5) is 8.78 Å². The number of carboxylic acids is 1. The van der Waals surface area contributed by atoms with Gasteiger partial charge in [0.15, 0.2) is 11.6 Å². The first kappa shape index (κ1) is 11.2. The Hall–Kier alpha value is -2.30. The van der Waals surface area contributed by atoms with E-state index in [0.717, 1.165) is 6.07 Å². The number of rotatable bonds is 2. The van der Waals surface area contributed by atoms with E-state index in [1.54, 1.807) is 12.1 Å². The molecule has 17 heavy (non-hydrogen) atoms. The Bertz CT molecular complexity index is 570. The Morgan fingerprint density at radius 3 is 2.53 bits per heavy atom. The summed E-state index contributed by atoms with van der Waals surface area (Å²) < 4.78 is 26.1. The van der Waals surface area contributed by atoms with Crippen LogP contribution in [0.2, 0.25) is 0 Å². The number of carboxylic acid groups (broad SMARTS) is 1. The van der Waals surface area contributed by atoms with E-state index in [4.69, 9.17) is 5.11 Å². The predicted octanol–water partition coefficient (Wildman–Crippen LogP) is 2.73. The first-order valence-electron chi connectivity index (χ1n) is 4.72. The fraction of sp³-hybridized carbons (Fsp3) is 0. The lowest BCUT2D eigenvalue weighted by molar-refractivity contribution is 0.0697. The summed E-state index contributed by atoms with van der Waals surface area (Å²) in [6.07, 6.45) is 2.89. The predicted molar refractivity (Wildman–Crippen MR) is 56.5 cm³/mol. The molecule has 0 fully saturated rings. The van der Waals surface area contributed by atoms with E-state index < -0.39 is 17.6 Å². The zero-order valence-corrected chi connectivity index (χ0v) is 8.52. The lowest BCUT2D eigenvalue weighted by Gasteiger charge is -2.06. The third-order valence-corrected chi connectivity index (χ3v) is 2.26. The number of halogens is 2. The molecule has 1 aromatic carbocycles. The van der Waals surface area contributed by atoms with Crippen LogP contribution in [0.3, 0.4) is 0 Å². The summed E-state index contributed by atoms with van der Waals surface area (Å²) in [6, 6.07) is 4.68. The molecule has 0 unspecified atom stereocenters. The normalized spacial score (nSPS) is 10.2. The molecule has 0 bridgehead atoms. The Morgan fingerprint density at radius 1 is 1.24 bits per heavy atom. The van der Waals surface area contributed by atoms with Crippen molar-refractivity contribution >= 4 is 5.97 Å². The van der Waals surface area contributed by atoms with Crippen molar-refractivity contribution in [3.63, 3.8) is 0 Å². The highest BCUT2D eigenvalue weighted by atomic mass is 19.2. The minimum atomic E-state index is -1.32. The van der Waals surface area contributed by atoms with Gasteiger partial charge in [0.2, 0.25) is 0 Å². The molecular formula is C12H7F2NO2. The summed E-state index contributed by atoms with van der Waals surface area (Å²) in [5.41, 5.74) is 0.227. The van der Waals surface area contributed by atoms with Gasteiger partial charge >= 0.3 is 5.97 Å². The number of pyridine rings is 1. The molecule has 2 aromatic rings. The first-order valence-corrected chi connectivity index (χ1v) is 4.72. The Kier molecular flexibility index (Phi) is 2.82. The minimum Gasteiger partial charge on any atom is -0.478 e. The molecular weight excluding hydrogens is 228 g/mol. The molecule has 3 nitrogen and oxygen atoms in total. The van der Waals surface area contributed by atoms with E-state index in [-0.39, 0.29) is 11.1 Å². The molecule has 1 N–H and O–H groups in total. The summed E-state index contributed by atoms with van der Waals surface area (Å²) in [5, 5.41) is 8.93. The van der Waals surface area contributed by atoms with Crippen LogP contribution >= 0.6 is 0 Å². The lowest BCUT2D eigenvalue weighted by Crippen LogP contribution is -2.02.